The van der Waals surface area contributed by atoms with Crippen molar-refractivity contribution >= 4 is 23.4 Å². The highest BCUT2D eigenvalue weighted by molar-refractivity contribution is 7.98. The van der Waals surface area contributed by atoms with Crippen LogP contribution in [0.25, 0.3) is 0 Å². The minimum absolute atomic E-state index is 0.172. The molecule has 0 saturated heterocycles. The second-order valence-electron chi connectivity index (χ2n) is 4.87. The summed E-state index contributed by atoms with van der Waals surface area (Å²) in [7, 11) is 0. The van der Waals surface area contributed by atoms with E-state index in [1.165, 1.54) is 0 Å². The second-order valence-corrected chi connectivity index (χ2v) is 6.35. The van der Waals surface area contributed by atoms with E-state index in [4.69, 9.17) is 16.1 Å². The van der Waals surface area contributed by atoms with Gasteiger partial charge in [-0.15, -0.1) is 11.8 Å². The van der Waals surface area contributed by atoms with Crippen molar-refractivity contribution in [3.05, 3.63) is 41.0 Å². The quantitative estimate of drug-likeness (QED) is 0.826. The standard InChI is InChI=1S/C14H17ClN2O2S/c1-9(2)12(18)7-14-16-13(17-19-14)8-20-11-5-3-4-10(15)6-11/h3-6,9,12,18H,7-8H2,1-2H3. The molecule has 1 aromatic carbocycles. The van der Waals surface area contributed by atoms with E-state index >= 15 is 0 Å². The average Bonchev–Trinajstić information content (AvgIpc) is 2.84. The van der Waals surface area contributed by atoms with Crippen LogP contribution in [0.5, 0.6) is 0 Å². The van der Waals surface area contributed by atoms with Crippen LogP contribution in [-0.4, -0.2) is 21.4 Å². The Morgan fingerprint density at radius 3 is 2.90 bits per heavy atom. The Kier molecular flexibility index (Phi) is 5.46. The van der Waals surface area contributed by atoms with Gasteiger partial charge in [0.1, 0.15) is 0 Å². The zero-order valence-corrected chi connectivity index (χ0v) is 13.0. The lowest BCUT2D eigenvalue weighted by Gasteiger charge is -2.10. The molecule has 0 radical (unpaired) electrons. The molecule has 108 valence electrons. The molecule has 6 heteroatoms. The molecule has 0 aliphatic heterocycles. The largest absolute Gasteiger partial charge is 0.392 e. The highest BCUT2D eigenvalue weighted by Gasteiger charge is 2.15. The Labute approximate surface area is 127 Å². The highest BCUT2D eigenvalue weighted by atomic mass is 35.5. The molecule has 2 rings (SSSR count). The Morgan fingerprint density at radius 2 is 2.20 bits per heavy atom. The molecule has 0 amide bonds. The molecule has 1 unspecified atom stereocenters. The fraction of sp³-hybridized carbons (Fsp3) is 0.429. The molecule has 1 atom stereocenters. The molecule has 0 fully saturated rings. The van der Waals surface area contributed by atoms with E-state index in [0.717, 1.165) is 4.90 Å². The highest BCUT2D eigenvalue weighted by Crippen LogP contribution is 2.24. The van der Waals surface area contributed by atoms with Gasteiger partial charge in [-0.05, 0) is 24.1 Å². The Bertz CT molecular complexity index is 560. The lowest BCUT2D eigenvalue weighted by Crippen LogP contribution is -2.17. The zero-order valence-electron chi connectivity index (χ0n) is 11.4. The van der Waals surface area contributed by atoms with Crippen LogP contribution in [0.4, 0.5) is 0 Å². The number of aliphatic hydroxyl groups excluding tert-OH is 1. The summed E-state index contributed by atoms with van der Waals surface area (Å²) >= 11 is 7.52. The van der Waals surface area contributed by atoms with Crippen molar-refractivity contribution in [1.82, 2.24) is 10.1 Å². The molecule has 1 heterocycles. The van der Waals surface area contributed by atoms with Crippen LogP contribution in [0.3, 0.4) is 0 Å². The molecule has 20 heavy (non-hydrogen) atoms. The van der Waals surface area contributed by atoms with Gasteiger partial charge in [-0.1, -0.05) is 36.7 Å². The predicted octanol–water partition coefficient (Wildman–Crippen LogP) is 3.57. The summed E-state index contributed by atoms with van der Waals surface area (Å²) in [5, 5.41) is 14.4. The van der Waals surface area contributed by atoms with Crippen molar-refractivity contribution in [2.75, 3.05) is 0 Å². The van der Waals surface area contributed by atoms with E-state index in [-0.39, 0.29) is 5.92 Å². The topological polar surface area (TPSA) is 59.2 Å². The summed E-state index contributed by atoms with van der Waals surface area (Å²) in [6.07, 6.45) is -0.0594. The van der Waals surface area contributed by atoms with Crippen molar-refractivity contribution < 1.29 is 9.63 Å². The van der Waals surface area contributed by atoms with Gasteiger partial charge >= 0.3 is 0 Å². The first kappa shape index (κ1) is 15.4. The molecular weight excluding hydrogens is 296 g/mol. The fourth-order valence-electron chi connectivity index (χ4n) is 1.55. The van der Waals surface area contributed by atoms with Crippen molar-refractivity contribution in [1.29, 1.82) is 0 Å². The van der Waals surface area contributed by atoms with Crippen molar-refractivity contribution in [2.45, 2.75) is 37.0 Å². The number of aromatic nitrogens is 2. The van der Waals surface area contributed by atoms with E-state index in [9.17, 15) is 5.11 Å². The second kappa shape index (κ2) is 7.11. The Morgan fingerprint density at radius 1 is 1.40 bits per heavy atom. The molecule has 0 aliphatic carbocycles. The summed E-state index contributed by atoms with van der Waals surface area (Å²) in [5.41, 5.74) is 0. The number of aliphatic hydroxyl groups is 1. The van der Waals surface area contributed by atoms with Gasteiger partial charge in [-0.3, -0.25) is 0 Å². The maximum absolute atomic E-state index is 9.78. The molecule has 1 aromatic heterocycles. The maximum Gasteiger partial charge on any atom is 0.229 e. The average molecular weight is 313 g/mol. The van der Waals surface area contributed by atoms with Crippen LogP contribution in [0, 0.1) is 5.92 Å². The van der Waals surface area contributed by atoms with Gasteiger partial charge in [0.15, 0.2) is 5.82 Å². The molecular formula is C14H17ClN2O2S. The van der Waals surface area contributed by atoms with Crippen LogP contribution in [0.15, 0.2) is 33.7 Å². The lowest BCUT2D eigenvalue weighted by molar-refractivity contribution is 0.116. The van der Waals surface area contributed by atoms with Crippen LogP contribution < -0.4 is 0 Å². The normalized spacial score (nSPS) is 12.8. The van der Waals surface area contributed by atoms with Crippen molar-refractivity contribution in [3.63, 3.8) is 0 Å². The lowest BCUT2D eigenvalue weighted by atomic mass is 10.0. The van der Waals surface area contributed by atoms with Crippen molar-refractivity contribution in [2.24, 2.45) is 5.92 Å². The summed E-state index contributed by atoms with van der Waals surface area (Å²) in [6.45, 7) is 3.91. The number of halogens is 1. The minimum Gasteiger partial charge on any atom is -0.392 e. The van der Waals surface area contributed by atoms with E-state index < -0.39 is 6.10 Å². The van der Waals surface area contributed by atoms with Gasteiger partial charge in [0.25, 0.3) is 0 Å². The zero-order chi connectivity index (χ0) is 14.5. The third kappa shape index (κ3) is 4.51. The van der Waals surface area contributed by atoms with Gasteiger partial charge in [0, 0.05) is 9.92 Å². The number of rotatable bonds is 6. The van der Waals surface area contributed by atoms with Crippen molar-refractivity contribution in [3.8, 4) is 0 Å². The number of thioether (sulfide) groups is 1. The Hall–Kier alpha value is -1.04. The monoisotopic (exact) mass is 312 g/mol. The first-order valence-corrected chi connectivity index (χ1v) is 7.79. The molecule has 0 aliphatic rings. The molecule has 4 nitrogen and oxygen atoms in total. The van der Waals surface area contributed by atoms with E-state index in [1.54, 1.807) is 11.8 Å². The third-order valence-electron chi connectivity index (χ3n) is 2.83. The smallest absolute Gasteiger partial charge is 0.229 e. The van der Waals surface area contributed by atoms with E-state index in [1.807, 2.05) is 38.1 Å². The molecule has 0 bridgehead atoms. The van der Waals surface area contributed by atoms with Gasteiger partial charge in [-0.25, -0.2) is 0 Å². The van der Waals surface area contributed by atoms with Crippen LogP contribution >= 0.6 is 23.4 Å². The number of hydrogen-bond donors (Lipinski definition) is 1. The van der Waals surface area contributed by atoms with Gasteiger partial charge in [0.05, 0.1) is 18.3 Å². The van der Waals surface area contributed by atoms with Crippen LogP contribution in [0.1, 0.15) is 25.6 Å². The first-order chi connectivity index (χ1) is 9.54. The van der Waals surface area contributed by atoms with Crippen LogP contribution in [0.2, 0.25) is 5.02 Å². The molecule has 2 aromatic rings. The summed E-state index contributed by atoms with van der Waals surface area (Å²) in [4.78, 5) is 5.34. The SMILES string of the molecule is CC(C)C(O)Cc1nc(CSc2cccc(Cl)c2)no1. The predicted molar refractivity (Wildman–Crippen MR) is 79.9 cm³/mol. The van der Waals surface area contributed by atoms with Gasteiger partial charge in [-0.2, -0.15) is 4.98 Å². The minimum atomic E-state index is -0.455. The van der Waals surface area contributed by atoms with E-state index in [2.05, 4.69) is 10.1 Å². The molecule has 1 N–H and O–H groups in total. The maximum atomic E-state index is 9.78. The molecule has 0 saturated carbocycles. The summed E-state index contributed by atoms with van der Waals surface area (Å²) in [6, 6.07) is 7.63. The molecule has 0 spiro atoms. The summed E-state index contributed by atoms with van der Waals surface area (Å²) in [5.74, 6) is 1.89. The summed E-state index contributed by atoms with van der Waals surface area (Å²) < 4.78 is 5.14. The van der Waals surface area contributed by atoms with Gasteiger partial charge in [0.2, 0.25) is 5.89 Å². The van der Waals surface area contributed by atoms with E-state index in [0.29, 0.717) is 28.9 Å². The first-order valence-electron chi connectivity index (χ1n) is 6.42. The fourth-order valence-corrected chi connectivity index (χ4v) is 2.60. The number of hydrogen-bond acceptors (Lipinski definition) is 5. The van der Waals surface area contributed by atoms with Gasteiger partial charge < -0.3 is 9.63 Å². The third-order valence-corrected chi connectivity index (χ3v) is 4.05. The number of nitrogens with zero attached hydrogens (tertiary/aromatic N) is 2. The number of benzene rings is 1. The Balaban J connectivity index is 1.90. The van der Waals surface area contributed by atoms with Crippen LogP contribution in [-0.2, 0) is 12.2 Å².